The molecule has 4 fully saturated rings. The largest absolute Gasteiger partial charge is 0.492 e. The third-order valence-corrected chi connectivity index (χ3v) is 8.23. The van der Waals surface area contributed by atoms with E-state index >= 15 is 0 Å². The van der Waals surface area contributed by atoms with Crippen LogP contribution in [0.2, 0.25) is 0 Å². The van der Waals surface area contributed by atoms with E-state index in [0.29, 0.717) is 32.1 Å². The predicted molar refractivity (Wildman–Crippen MR) is 116 cm³/mol. The summed E-state index contributed by atoms with van der Waals surface area (Å²) in [5, 5.41) is 14.8. The van der Waals surface area contributed by atoms with Crippen molar-refractivity contribution >= 4 is 11.0 Å². The lowest BCUT2D eigenvalue weighted by Crippen LogP contribution is -2.76. The fourth-order valence-electron chi connectivity index (χ4n) is 6.68. The fraction of sp³-hybridized carbons (Fsp3) is 0.708. The topological polar surface area (TPSA) is 59.3 Å². The second-order valence-corrected chi connectivity index (χ2v) is 11.1. The van der Waals surface area contributed by atoms with E-state index in [0.717, 1.165) is 6.07 Å². The molecule has 3 aliphatic carbocycles. The maximum absolute atomic E-state index is 13.8. The monoisotopic (exact) mass is 487 g/mol. The van der Waals surface area contributed by atoms with Crippen LogP contribution in [0.25, 0.3) is 11.0 Å². The molecule has 2 bridgehead atoms. The van der Waals surface area contributed by atoms with E-state index in [1.54, 1.807) is 13.8 Å². The minimum atomic E-state index is -4.58. The van der Waals surface area contributed by atoms with Crippen molar-refractivity contribution in [3.63, 3.8) is 0 Å². The van der Waals surface area contributed by atoms with Crippen LogP contribution in [0.15, 0.2) is 18.5 Å². The summed E-state index contributed by atoms with van der Waals surface area (Å²) in [5.74, 6) is 0.0552. The van der Waals surface area contributed by atoms with Crippen LogP contribution in [0.1, 0.15) is 64.5 Å². The average molecular weight is 488 g/mol. The van der Waals surface area contributed by atoms with E-state index in [4.69, 9.17) is 4.74 Å². The number of nitrogens with one attached hydrogen (secondary N) is 1. The van der Waals surface area contributed by atoms with E-state index in [1.807, 2.05) is 6.92 Å². The van der Waals surface area contributed by atoms with Crippen molar-refractivity contribution in [3.8, 4) is 5.75 Å². The van der Waals surface area contributed by atoms with Gasteiger partial charge in [0.1, 0.15) is 12.4 Å². The minimum Gasteiger partial charge on any atom is -0.492 e. The van der Waals surface area contributed by atoms with Crippen molar-refractivity contribution in [2.45, 2.75) is 89.2 Å². The number of rotatable bonds is 6. The molecule has 0 radical (unpaired) electrons. The number of halogens is 5. The molecule has 1 aliphatic heterocycles. The molecule has 2 N–H and O–H groups in total. The number of hydrogen-bond acceptors (Lipinski definition) is 4. The van der Waals surface area contributed by atoms with Crippen LogP contribution in [-0.4, -0.2) is 45.4 Å². The summed E-state index contributed by atoms with van der Waals surface area (Å²) in [7, 11) is 0. The molecule has 5 nitrogen and oxygen atoms in total. The standard InChI is InChI=1S/C24H30F5N3O2/c1-13(2)32-12-30-18-5-16(4-17(19(18)32)24(27,28)29)34-8-15-7-23(33,6-14(3)31-15)22-9-21(10-22,11-22)20(25)26/h4-5,12-15,20,31,33H,6-11H2,1-3H3. The number of fused-ring (bicyclic) bond motifs is 1. The third-order valence-electron chi connectivity index (χ3n) is 8.23. The van der Waals surface area contributed by atoms with E-state index in [-0.39, 0.29) is 41.5 Å². The number of alkyl halides is 5. The van der Waals surface area contributed by atoms with Gasteiger partial charge in [0.05, 0.1) is 28.5 Å². The Bertz CT molecular complexity index is 1080. The molecule has 4 aliphatic rings. The maximum atomic E-state index is 13.8. The van der Waals surface area contributed by atoms with Gasteiger partial charge in [-0.3, -0.25) is 0 Å². The highest BCUT2D eigenvalue weighted by molar-refractivity contribution is 5.81. The van der Waals surface area contributed by atoms with Gasteiger partial charge in [0.2, 0.25) is 6.43 Å². The molecule has 3 unspecified atom stereocenters. The van der Waals surface area contributed by atoms with Crippen LogP contribution in [0.3, 0.4) is 0 Å². The Morgan fingerprint density at radius 2 is 1.88 bits per heavy atom. The lowest BCUT2D eigenvalue weighted by Gasteiger charge is -2.76. The molecule has 2 aromatic rings. The van der Waals surface area contributed by atoms with Gasteiger partial charge >= 0.3 is 6.18 Å². The molecule has 6 rings (SSSR count). The highest BCUT2D eigenvalue weighted by atomic mass is 19.4. The molecule has 3 atom stereocenters. The summed E-state index contributed by atoms with van der Waals surface area (Å²) in [4.78, 5) is 4.15. The highest BCUT2D eigenvalue weighted by Gasteiger charge is 2.78. The number of hydrogen-bond donors (Lipinski definition) is 2. The van der Waals surface area contributed by atoms with Gasteiger partial charge in [-0.25, -0.2) is 13.8 Å². The molecule has 2 heterocycles. The molecule has 10 heteroatoms. The summed E-state index contributed by atoms with van der Waals surface area (Å²) in [5.41, 5.74) is -3.09. The Hall–Kier alpha value is -1.94. The number of nitrogens with zero attached hydrogens (tertiary/aromatic N) is 2. The lowest BCUT2D eigenvalue weighted by atomic mass is 9.30. The van der Waals surface area contributed by atoms with Gasteiger partial charge in [-0.15, -0.1) is 0 Å². The van der Waals surface area contributed by atoms with Crippen LogP contribution >= 0.6 is 0 Å². The minimum absolute atomic E-state index is 0.0187. The smallest absolute Gasteiger partial charge is 0.418 e. The molecule has 3 saturated carbocycles. The molecule has 1 aromatic carbocycles. The van der Waals surface area contributed by atoms with Crippen molar-refractivity contribution in [2.24, 2.45) is 10.8 Å². The molecule has 188 valence electrons. The lowest BCUT2D eigenvalue weighted by molar-refractivity contribution is -0.341. The second-order valence-electron chi connectivity index (χ2n) is 11.1. The van der Waals surface area contributed by atoms with Crippen molar-refractivity contribution in [2.75, 3.05) is 6.61 Å². The molecular formula is C24H30F5N3O2. The van der Waals surface area contributed by atoms with E-state index in [1.165, 1.54) is 17.0 Å². The summed E-state index contributed by atoms with van der Waals surface area (Å²) in [6.45, 7) is 5.55. The Morgan fingerprint density at radius 1 is 1.21 bits per heavy atom. The summed E-state index contributed by atoms with van der Waals surface area (Å²) < 4.78 is 75.4. The molecule has 34 heavy (non-hydrogen) atoms. The van der Waals surface area contributed by atoms with Gasteiger partial charge in [0.25, 0.3) is 0 Å². The van der Waals surface area contributed by atoms with Crippen molar-refractivity contribution in [3.05, 3.63) is 24.0 Å². The third kappa shape index (κ3) is 3.51. The Balaban J connectivity index is 1.33. The zero-order valence-electron chi connectivity index (χ0n) is 19.4. The number of aliphatic hydroxyl groups is 1. The van der Waals surface area contributed by atoms with E-state index in [9.17, 15) is 27.1 Å². The van der Waals surface area contributed by atoms with E-state index < -0.39 is 34.6 Å². The second kappa shape index (κ2) is 7.53. The number of imidazole rings is 1. The predicted octanol–water partition coefficient (Wildman–Crippen LogP) is 5.32. The normalized spacial score (nSPS) is 35.5. The molecular weight excluding hydrogens is 457 g/mol. The quantitative estimate of drug-likeness (QED) is 0.542. The first-order valence-electron chi connectivity index (χ1n) is 11.7. The summed E-state index contributed by atoms with van der Waals surface area (Å²) >= 11 is 0. The van der Waals surface area contributed by atoms with Crippen molar-refractivity contribution in [1.29, 1.82) is 0 Å². The first-order chi connectivity index (χ1) is 15.8. The first kappa shape index (κ1) is 23.8. The van der Waals surface area contributed by atoms with Gasteiger partial charge in [-0.2, -0.15) is 13.2 Å². The van der Waals surface area contributed by atoms with Crippen LogP contribution in [0, 0.1) is 10.8 Å². The van der Waals surface area contributed by atoms with Crippen molar-refractivity contribution in [1.82, 2.24) is 14.9 Å². The van der Waals surface area contributed by atoms with Gasteiger partial charge in [0, 0.05) is 35.0 Å². The number of benzene rings is 1. The van der Waals surface area contributed by atoms with Crippen LogP contribution in [-0.2, 0) is 6.18 Å². The zero-order chi connectivity index (χ0) is 24.7. The Morgan fingerprint density at radius 3 is 2.47 bits per heavy atom. The Labute approximate surface area is 194 Å². The molecule has 0 spiro atoms. The van der Waals surface area contributed by atoms with Crippen molar-refractivity contribution < 1.29 is 31.8 Å². The van der Waals surface area contributed by atoms with Gasteiger partial charge in [-0.1, -0.05) is 0 Å². The summed E-state index contributed by atoms with van der Waals surface area (Å²) in [6, 6.07) is 1.91. The number of ether oxygens (including phenoxy) is 1. The van der Waals surface area contributed by atoms with Crippen LogP contribution in [0.5, 0.6) is 5.75 Å². The highest BCUT2D eigenvalue weighted by Crippen LogP contribution is 2.80. The molecule has 1 saturated heterocycles. The fourth-order valence-corrected chi connectivity index (χ4v) is 6.68. The van der Waals surface area contributed by atoms with Crippen LogP contribution < -0.4 is 10.1 Å². The summed E-state index contributed by atoms with van der Waals surface area (Å²) in [6.07, 6.45) is -3.78. The van der Waals surface area contributed by atoms with Gasteiger partial charge in [0.15, 0.2) is 0 Å². The van der Waals surface area contributed by atoms with E-state index in [2.05, 4.69) is 10.3 Å². The molecule has 0 amide bonds. The zero-order valence-corrected chi connectivity index (χ0v) is 19.4. The van der Waals surface area contributed by atoms with Gasteiger partial charge < -0.3 is 19.7 Å². The number of aromatic nitrogens is 2. The average Bonchev–Trinajstić information content (AvgIpc) is 3.05. The first-order valence-corrected chi connectivity index (χ1v) is 11.7. The Kier molecular flexibility index (Phi) is 5.27. The van der Waals surface area contributed by atoms with Crippen LogP contribution in [0.4, 0.5) is 22.0 Å². The van der Waals surface area contributed by atoms with Gasteiger partial charge in [-0.05, 0) is 58.9 Å². The number of piperidine rings is 1. The molecule has 1 aromatic heterocycles. The maximum Gasteiger partial charge on any atom is 0.418 e. The SMILES string of the molecule is CC1CC(O)(C23CC(C(F)F)(C2)C3)CC(COc2cc(C(F)(F)F)c3c(c2)ncn3C(C)C)N1.